The smallest absolute Gasteiger partial charge is 0.254 e. The van der Waals surface area contributed by atoms with Crippen LogP contribution in [0.2, 0.25) is 0 Å². The van der Waals surface area contributed by atoms with Crippen molar-refractivity contribution in [1.82, 2.24) is 20.0 Å². The highest BCUT2D eigenvalue weighted by Gasteiger charge is 2.28. The summed E-state index contributed by atoms with van der Waals surface area (Å²) in [7, 11) is 0. The fourth-order valence-electron chi connectivity index (χ4n) is 3.37. The lowest BCUT2D eigenvalue weighted by atomic mass is 10.2. The minimum atomic E-state index is -0.566. The first-order chi connectivity index (χ1) is 12.5. The molecule has 26 heavy (non-hydrogen) atoms. The maximum atomic E-state index is 13.6. The third-order valence-electron chi connectivity index (χ3n) is 4.65. The first-order valence-electron chi connectivity index (χ1n) is 8.79. The molecule has 6 nitrogen and oxygen atoms in total. The number of halogens is 1. The lowest BCUT2D eigenvalue weighted by Crippen LogP contribution is -2.33. The molecular weight excluding hydrogens is 335 g/mol. The van der Waals surface area contributed by atoms with Crippen LogP contribution in [0.4, 0.5) is 4.39 Å². The highest BCUT2D eigenvalue weighted by molar-refractivity contribution is 5.94. The summed E-state index contributed by atoms with van der Waals surface area (Å²) < 4.78 is 15.6. The molecule has 1 aliphatic rings. The molecule has 2 amide bonds. The molecule has 1 aromatic heterocycles. The van der Waals surface area contributed by atoms with E-state index >= 15 is 0 Å². The second-order valence-corrected chi connectivity index (χ2v) is 6.64. The van der Waals surface area contributed by atoms with Gasteiger partial charge in [0.05, 0.1) is 17.3 Å². The number of rotatable bonds is 5. The van der Waals surface area contributed by atoms with Crippen molar-refractivity contribution in [2.24, 2.45) is 0 Å². The highest BCUT2D eigenvalue weighted by atomic mass is 19.1. The highest BCUT2D eigenvalue weighted by Crippen LogP contribution is 2.23. The summed E-state index contributed by atoms with van der Waals surface area (Å²) in [5.41, 5.74) is 2.06. The standard InChI is InChI=1S/C19H23FN4O2/c1-13-11-14(2)24(22-13)15-8-10-23(12-15)18(25)7-9-21-19(26)16-5-3-4-6-17(16)20/h3-6,11,15H,7-10,12H2,1-2H3,(H,21,26)/t15-/m1/s1. The Labute approximate surface area is 152 Å². The van der Waals surface area contributed by atoms with Crippen molar-refractivity contribution < 1.29 is 14.0 Å². The molecular formula is C19H23FN4O2. The van der Waals surface area contributed by atoms with Gasteiger partial charge in [0.25, 0.3) is 5.91 Å². The van der Waals surface area contributed by atoms with Gasteiger partial charge in [-0.1, -0.05) is 12.1 Å². The predicted octanol–water partition coefficient (Wildman–Crippen LogP) is 2.23. The van der Waals surface area contributed by atoms with Gasteiger partial charge in [0.15, 0.2) is 0 Å². The van der Waals surface area contributed by atoms with Gasteiger partial charge >= 0.3 is 0 Å². The molecule has 7 heteroatoms. The number of aryl methyl sites for hydroxylation is 2. The van der Waals surface area contributed by atoms with Crippen LogP contribution in [-0.2, 0) is 4.79 Å². The summed E-state index contributed by atoms with van der Waals surface area (Å²) in [5.74, 6) is -1.08. The Morgan fingerprint density at radius 1 is 1.31 bits per heavy atom. The van der Waals surface area contributed by atoms with E-state index < -0.39 is 11.7 Å². The van der Waals surface area contributed by atoms with Crippen molar-refractivity contribution >= 4 is 11.8 Å². The maximum Gasteiger partial charge on any atom is 0.254 e. The Kier molecular flexibility index (Phi) is 5.35. The SMILES string of the molecule is Cc1cc(C)n([C@@H]2CCN(C(=O)CCNC(=O)c3ccccc3F)C2)n1. The Balaban J connectivity index is 1.48. The molecule has 0 radical (unpaired) electrons. The fraction of sp³-hybridized carbons (Fsp3) is 0.421. The van der Waals surface area contributed by atoms with Crippen LogP contribution in [0, 0.1) is 19.7 Å². The predicted molar refractivity (Wildman–Crippen MR) is 95.3 cm³/mol. The molecule has 0 spiro atoms. The number of likely N-dealkylation sites (tertiary alicyclic amines) is 1. The van der Waals surface area contributed by atoms with Crippen LogP contribution in [0.15, 0.2) is 30.3 Å². The van der Waals surface area contributed by atoms with Crippen LogP contribution in [0.3, 0.4) is 0 Å². The lowest BCUT2D eigenvalue weighted by molar-refractivity contribution is -0.130. The van der Waals surface area contributed by atoms with Gasteiger partial charge in [-0.25, -0.2) is 4.39 Å². The minimum Gasteiger partial charge on any atom is -0.351 e. The van der Waals surface area contributed by atoms with Crippen molar-refractivity contribution in [1.29, 1.82) is 0 Å². The first-order valence-corrected chi connectivity index (χ1v) is 8.79. The van der Waals surface area contributed by atoms with E-state index in [-0.39, 0.29) is 30.5 Å². The number of carbonyl (C=O) groups is 2. The number of carbonyl (C=O) groups excluding carboxylic acids is 2. The number of nitrogens with zero attached hydrogens (tertiary/aromatic N) is 3. The van der Waals surface area contributed by atoms with E-state index in [1.54, 1.807) is 11.0 Å². The van der Waals surface area contributed by atoms with Gasteiger partial charge in [-0.3, -0.25) is 14.3 Å². The summed E-state index contributed by atoms with van der Waals surface area (Å²) in [5, 5.41) is 7.10. The quantitative estimate of drug-likeness (QED) is 0.891. The van der Waals surface area contributed by atoms with Crippen LogP contribution in [0.5, 0.6) is 0 Å². The molecule has 2 heterocycles. The van der Waals surface area contributed by atoms with Gasteiger partial charge in [-0.2, -0.15) is 5.10 Å². The number of hydrogen-bond donors (Lipinski definition) is 1. The third kappa shape index (κ3) is 3.92. The number of nitrogens with one attached hydrogen (secondary N) is 1. The van der Waals surface area contributed by atoms with Gasteiger partial charge < -0.3 is 10.2 Å². The second-order valence-electron chi connectivity index (χ2n) is 6.64. The molecule has 1 saturated heterocycles. The van der Waals surface area contributed by atoms with E-state index in [0.717, 1.165) is 17.8 Å². The number of hydrogen-bond acceptors (Lipinski definition) is 3. The molecule has 3 rings (SSSR count). The van der Waals surface area contributed by atoms with Crippen LogP contribution in [0.25, 0.3) is 0 Å². The topological polar surface area (TPSA) is 67.2 Å². The normalized spacial score (nSPS) is 16.7. The van der Waals surface area contributed by atoms with Gasteiger partial charge in [-0.15, -0.1) is 0 Å². The van der Waals surface area contributed by atoms with Crippen molar-refractivity contribution in [3.05, 3.63) is 53.1 Å². The molecule has 2 aromatic rings. The summed E-state index contributed by atoms with van der Waals surface area (Å²) >= 11 is 0. The van der Waals surface area contributed by atoms with Crippen LogP contribution < -0.4 is 5.32 Å². The molecule has 0 bridgehead atoms. The molecule has 0 unspecified atom stereocenters. The summed E-state index contributed by atoms with van der Waals surface area (Å²) in [6, 6.07) is 8.02. The zero-order valence-electron chi connectivity index (χ0n) is 15.0. The minimum absolute atomic E-state index is 0.00860. The first kappa shape index (κ1) is 18.1. The monoisotopic (exact) mass is 358 g/mol. The molecule has 1 aromatic carbocycles. The molecule has 1 N–H and O–H groups in total. The molecule has 0 saturated carbocycles. The summed E-state index contributed by atoms with van der Waals surface area (Å²) in [6.07, 6.45) is 1.07. The van der Waals surface area contributed by atoms with Crippen molar-refractivity contribution in [3.8, 4) is 0 Å². The molecule has 1 atom stereocenters. The molecule has 1 fully saturated rings. The van der Waals surface area contributed by atoms with E-state index in [2.05, 4.69) is 10.4 Å². The average molecular weight is 358 g/mol. The van der Waals surface area contributed by atoms with Crippen LogP contribution in [0.1, 0.15) is 40.6 Å². The second kappa shape index (κ2) is 7.68. The van der Waals surface area contributed by atoms with Crippen LogP contribution in [-0.4, -0.2) is 46.1 Å². The van der Waals surface area contributed by atoms with Gasteiger partial charge in [0.1, 0.15) is 5.82 Å². The van der Waals surface area contributed by atoms with Gasteiger partial charge in [-0.05, 0) is 38.5 Å². The Morgan fingerprint density at radius 2 is 2.08 bits per heavy atom. The Morgan fingerprint density at radius 3 is 2.77 bits per heavy atom. The molecule has 138 valence electrons. The van der Waals surface area contributed by atoms with E-state index in [1.807, 2.05) is 24.6 Å². The maximum absolute atomic E-state index is 13.6. The van der Waals surface area contributed by atoms with Gasteiger partial charge in [0.2, 0.25) is 5.91 Å². The van der Waals surface area contributed by atoms with Gasteiger partial charge in [0, 0.05) is 31.7 Å². The lowest BCUT2D eigenvalue weighted by Gasteiger charge is -2.17. The summed E-state index contributed by atoms with van der Waals surface area (Å²) in [4.78, 5) is 26.1. The zero-order valence-corrected chi connectivity index (χ0v) is 15.0. The zero-order chi connectivity index (χ0) is 18.7. The van der Waals surface area contributed by atoms with Crippen LogP contribution >= 0.6 is 0 Å². The average Bonchev–Trinajstić information content (AvgIpc) is 3.21. The number of amides is 2. The summed E-state index contributed by atoms with van der Waals surface area (Å²) in [6.45, 7) is 5.47. The van der Waals surface area contributed by atoms with E-state index in [0.29, 0.717) is 13.1 Å². The fourth-order valence-corrected chi connectivity index (χ4v) is 3.37. The van der Waals surface area contributed by atoms with E-state index in [1.165, 1.54) is 18.2 Å². The number of aromatic nitrogens is 2. The van der Waals surface area contributed by atoms with Crippen molar-refractivity contribution in [3.63, 3.8) is 0 Å². The molecule has 1 aliphatic heterocycles. The van der Waals surface area contributed by atoms with Crippen molar-refractivity contribution in [2.45, 2.75) is 32.7 Å². The Hall–Kier alpha value is -2.70. The third-order valence-corrected chi connectivity index (χ3v) is 4.65. The number of benzene rings is 1. The Bertz CT molecular complexity index is 818. The van der Waals surface area contributed by atoms with E-state index in [9.17, 15) is 14.0 Å². The van der Waals surface area contributed by atoms with Crippen molar-refractivity contribution in [2.75, 3.05) is 19.6 Å². The van der Waals surface area contributed by atoms with E-state index in [4.69, 9.17) is 0 Å². The molecule has 0 aliphatic carbocycles. The largest absolute Gasteiger partial charge is 0.351 e.